The number of rotatable bonds is 5. The van der Waals surface area contributed by atoms with E-state index in [9.17, 15) is 14.4 Å². The summed E-state index contributed by atoms with van der Waals surface area (Å²) in [5.74, 6) is -1.10. The molecule has 2 amide bonds. The minimum absolute atomic E-state index is 0.0740. The normalized spacial score (nSPS) is 11.0. The fourth-order valence-electron chi connectivity index (χ4n) is 2.77. The highest BCUT2D eigenvalue weighted by Crippen LogP contribution is 2.14. The van der Waals surface area contributed by atoms with Crippen molar-refractivity contribution < 1.29 is 9.59 Å². The van der Waals surface area contributed by atoms with Crippen LogP contribution in [0.2, 0.25) is 0 Å². The van der Waals surface area contributed by atoms with Crippen LogP contribution in [0.3, 0.4) is 0 Å². The van der Waals surface area contributed by atoms with Gasteiger partial charge in [0, 0.05) is 22.5 Å². The number of benzene rings is 2. The van der Waals surface area contributed by atoms with Crippen molar-refractivity contribution in [3.8, 4) is 0 Å². The number of fused-ring (bicyclic) bond motifs is 1. The zero-order valence-corrected chi connectivity index (χ0v) is 17.3. The summed E-state index contributed by atoms with van der Waals surface area (Å²) in [5, 5.41) is 5.03. The predicted octanol–water partition coefficient (Wildman–Crippen LogP) is 3.04. The first-order valence-electron chi connectivity index (χ1n) is 9.03. The molecule has 3 aromatic rings. The summed E-state index contributed by atoms with van der Waals surface area (Å²) < 4.78 is 2.17. The Kier molecular flexibility index (Phi) is 6.56. The first-order chi connectivity index (χ1) is 14.0. The van der Waals surface area contributed by atoms with Gasteiger partial charge in [0.25, 0.3) is 17.4 Å². The fourth-order valence-corrected chi connectivity index (χ4v) is 3.18. The van der Waals surface area contributed by atoms with Gasteiger partial charge in [0.05, 0.1) is 5.39 Å². The molecule has 1 heterocycles. The van der Waals surface area contributed by atoms with Crippen molar-refractivity contribution in [2.75, 3.05) is 0 Å². The lowest BCUT2D eigenvalue weighted by atomic mass is 10.1. The van der Waals surface area contributed by atoms with E-state index >= 15 is 0 Å². The van der Waals surface area contributed by atoms with Gasteiger partial charge in [0.1, 0.15) is 0 Å². The highest BCUT2D eigenvalue weighted by molar-refractivity contribution is 9.10. The molecular weight excluding hydrogens is 436 g/mol. The molecule has 1 aromatic heterocycles. The number of carbonyl (C=O) groups is 2. The molecule has 0 saturated carbocycles. The summed E-state index contributed by atoms with van der Waals surface area (Å²) in [6.07, 6.45) is 3.64. The van der Waals surface area contributed by atoms with Gasteiger partial charge in [-0.1, -0.05) is 53.2 Å². The highest BCUT2D eigenvalue weighted by atomic mass is 79.9. The van der Waals surface area contributed by atoms with E-state index in [4.69, 9.17) is 0 Å². The molecule has 0 spiro atoms. The Morgan fingerprint density at radius 1 is 1.10 bits per heavy atom. The van der Waals surface area contributed by atoms with Crippen LogP contribution in [0.25, 0.3) is 16.8 Å². The van der Waals surface area contributed by atoms with Gasteiger partial charge in [-0.15, -0.1) is 0 Å². The summed E-state index contributed by atoms with van der Waals surface area (Å²) in [4.78, 5) is 37.1. The molecular formula is C21H19BrN4O3. The van der Waals surface area contributed by atoms with E-state index in [0.29, 0.717) is 23.7 Å². The highest BCUT2D eigenvalue weighted by Gasteiger charge is 2.16. The number of carbonyl (C=O) groups excluding carboxylic acids is 2. The molecule has 148 valence electrons. The van der Waals surface area contributed by atoms with Gasteiger partial charge < -0.3 is 0 Å². The molecule has 8 heteroatoms. The summed E-state index contributed by atoms with van der Waals surface area (Å²) >= 11 is 3.36. The van der Waals surface area contributed by atoms with Crippen LogP contribution < -0.4 is 16.4 Å². The van der Waals surface area contributed by atoms with Crippen LogP contribution in [0.15, 0.2) is 63.9 Å². The number of aromatic nitrogens is 2. The zero-order valence-electron chi connectivity index (χ0n) is 15.7. The molecule has 0 unspecified atom stereocenters. The lowest BCUT2D eigenvalue weighted by Gasteiger charge is -2.10. The van der Waals surface area contributed by atoms with Gasteiger partial charge in [-0.05, 0) is 36.3 Å². The molecule has 0 aliphatic carbocycles. The van der Waals surface area contributed by atoms with Gasteiger partial charge in [0.2, 0.25) is 0 Å². The van der Waals surface area contributed by atoms with Crippen LogP contribution in [-0.2, 0) is 11.3 Å². The van der Waals surface area contributed by atoms with Gasteiger partial charge in [-0.3, -0.25) is 25.2 Å². The summed E-state index contributed by atoms with van der Waals surface area (Å²) in [7, 11) is 0. The predicted molar refractivity (Wildman–Crippen MR) is 115 cm³/mol. The number of nitrogens with one attached hydrogen (secondary N) is 2. The Morgan fingerprint density at radius 2 is 1.86 bits per heavy atom. The Bertz CT molecular complexity index is 1150. The smallest absolute Gasteiger partial charge is 0.268 e. The lowest BCUT2D eigenvalue weighted by molar-refractivity contribution is -0.117. The van der Waals surface area contributed by atoms with Crippen molar-refractivity contribution in [3.05, 3.63) is 80.7 Å². The maximum atomic E-state index is 12.6. The largest absolute Gasteiger partial charge is 0.290 e. The van der Waals surface area contributed by atoms with Gasteiger partial charge in [-0.25, -0.2) is 4.68 Å². The van der Waals surface area contributed by atoms with Gasteiger partial charge in [-0.2, -0.15) is 5.10 Å². The first kappa shape index (κ1) is 20.5. The number of hydrogen-bond acceptors (Lipinski definition) is 4. The maximum Gasteiger partial charge on any atom is 0.290 e. The van der Waals surface area contributed by atoms with Gasteiger partial charge in [0.15, 0.2) is 5.69 Å². The second kappa shape index (κ2) is 9.29. The van der Waals surface area contributed by atoms with E-state index in [0.717, 1.165) is 10.0 Å². The average Bonchev–Trinajstić information content (AvgIpc) is 2.73. The molecule has 3 rings (SSSR count). The Morgan fingerprint density at radius 3 is 2.59 bits per heavy atom. The monoisotopic (exact) mass is 454 g/mol. The number of halogens is 1. The fraction of sp³-hybridized carbons (Fsp3) is 0.143. The number of nitrogens with zero attached hydrogens (tertiary/aromatic N) is 2. The third-order valence-electron chi connectivity index (χ3n) is 4.09. The van der Waals surface area contributed by atoms with Crippen LogP contribution in [-0.4, -0.2) is 21.6 Å². The molecule has 29 heavy (non-hydrogen) atoms. The van der Waals surface area contributed by atoms with Crippen molar-refractivity contribution in [3.63, 3.8) is 0 Å². The molecule has 0 aliphatic heterocycles. The Hall–Kier alpha value is -3.26. The number of amides is 2. The second-order valence-corrected chi connectivity index (χ2v) is 7.17. The minimum Gasteiger partial charge on any atom is -0.268 e. The minimum atomic E-state index is -0.602. The van der Waals surface area contributed by atoms with Crippen LogP contribution in [0.4, 0.5) is 0 Å². The van der Waals surface area contributed by atoms with Crippen LogP contribution in [0.5, 0.6) is 0 Å². The zero-order chi connectivity index (χ0) is 20.8. The molecule has 0 fully saturated rings. The SMILES string of the molecule is CCCn1nc(C(=O)NNC(=O)/C=C/c2cccc(Br)c2)c2ccccc2c1=O. The Labute approximate surface area is 175 Å². The molecule has 2 aromatic carbocycles. The van der Waals surface area contributed by atoms with E-state index < -0.39 is 11.8 Å². The summed E-state index contributed by atoms with van der Waals surface area (Å²) in [6.45, 7) is 2.31. The number of hydrogen-bond donors (Lipinski definition) is 2. The van der Waals surface area contributed by atoms with E-state index in [2.05, 4.69) is 31.9 Å². The van der Waals surface area contributed by atoms with Crippen molar-refractivity contribution >= 4 is 44.6 Å². The summed E-state index contributed by atoms with van der Waals surface area (Å²) in [5.41, 5.74) is 5.34. The third-order valence-corrected chi connectivity index (χ3v) is 4.59. The van der Waals surface area contributed by atoms with Crippen molar-refractivity contribution in [2.45, 2.75) is 19.9 Å². The molecule has 2 N–H and O–H groups in total. The maximum absolute atomic E-state index is 12.6. The van der Waals surface area contributed by atoms with E-state index in [1.54, 1.807) is 30.3 Å². The van der Waals surface area contributed by atoms with Crippen molar-refractivity contribution in [1.29, 1.82) is 0 Å². The second-order valence-electron chi connectivity index (χ2n) is 6.25. The van der Waals surface area contributed by atoms with E-state index in [-0.39, 0.29) is 11.3 Å². The quantitative estimate of drug-likeness (QED) is 0.457. The van der Waals surface area contributed by atoms with E-state index in [1.807, 2.05) is 31.2 Å². The topological polar surface area (TPSA) is 93.1 Å². The molecule has 0 atom stereocenters. The van der Waals surface area contributed by atoms with Crippen LogP contribution in [0.1, 0.15) is 29.4 Å². The first-order valence-corrected chi connectivity index (χ1v) is 9.82. The van der Waals surface area contributed by atoms with Gasteiger partial charge >= 0.3 is 0 Å². The molecule has 0 saturated heterocycles. The Balaban J connectivity index is 1.77. The molecule has 0 aliphatic rings. The van der Waals surface area contributed by atoms with Crippen LogP contribution >= 0.6 is 15.9 Å². The standard InChI is InChI=1S/C21H19BrN4O3/c1-2-12-26-21(29)17-9-4-3-8-16(17)19(25-26)20(28)24-23-18(27)11-10-14-6-5-7-15(22)13-14/h3-11,13H,2,12H2,1H3,(H,23,27)(H,24,28)/b11-10+. The van der Waals surface area contributed by atoms with E-state index in [1.165, 1.54) is 10.8 Å². The van der Waals surface area contributed by atoms with Crippen molar-refractivity contribution in [1.82, 2.24) is 20.6 Å². The lowest BCUT2D eigenvalue weighted by Crippen LogP contribution is -2.42. The summed E-state index contributed by atoms with van der Waals surface area (Å²) in [6, 6.07) is 14.2. The molecule has 0 bridgehead atoms. The number of hydrazine groups is 1. The average molecular weight is 455 g/mol. The molecule has 7 nitrogen and oxygen atoms in total. The van der Waals surface area contributed by atoms with Crippen LogP contribution in [0, 0.1) is 0 Å². The number of aryl methyl sites for hydroxylation is 1. The third kappa shape index (κ3) is 4.97. The molecule has 0 radical (unpaired) electrons. The van der Waals surface area contributed by atoms with Crippen molar-refractivity contribution in [2.24, 2.45) is 0 Å².